The number of rotatable bonds is 18. The molecule has 0 amide bonds. The Bertz CT molecular complexity index is 1450. The maximum absolute atomic E-state index is 6.27. The molecule has 0 radical (unpaired) electrons. The summed E-state index contributed by atoms with van der Waals surface area (Å²) in [6, 6.07) is 22.4. The lowest BCUT2D eigenvalue weighted by molar-refractivity contribution is 0.221. The van der Waals surface area contributed by atoms with Crippen LogP contribution in [0.3, 0.4) is 0 Å². The van der Waals surface area contributed by atoms with E-state index in [4.69, 9.17) is 9.47 Å². The lowest BCUT2D eigenvalue weighted by Crippen LogP contribution is -2.31. The summed E-state index contributed by atoms with van der Waals surface area (Å²) in [7, 11) is 0. The second-order valence-corrected chi connectivity index (χ2v) is 11.9. The maximum atomic E-state index is 6.27. The van der Waals surface area contributed by atoms with Gasteiger partial charge in [-0.05, 0) is 85.7 Å². The van der Waals surface area contributed by atoms with Crippen LogP contribution in [0.2, 0.25) is 0 Å². The van der Waals surface area contributed by atoms with Crippen molar-refractivity contribution < 1.29 is 9.47 Å². The van der Waals surface area contributed by atoms with Crippen LogP contribution in [0.4, 0.5) is 22.7 Å². The highest BCUT2D eigenvalue weighted by molar-refractivity contribution is 5.96. The minimum Gasteiger partial charge on any atom is -0.493 e. The van der Waals surface area contributed by atoms with Crippen molar-refractivity contribution in [3.8, 4) is 16.9 Å². The molecule has 0 aromatic heterocycles. The van der Waals surface area contributed by atoms with Gasteiger partial charge in [-0.25, -0.2) is 0 Å². The van der Waals surface area contributed by atoms with Gasteiger partial charge in [0, 0.05) is 18.7 Å². The molecule has 0 spiro atoms. The van der Waals surface area contributed by atoms with Crippen LogP contribution in [0, 0.1) is 0 Å². The van der Waals surface area contributed by atoms with E-state index < -0.39 is 0 Å². The number of benzene rings is 3. The van der Waals surface area contributed by atoms with E-state index in [1.54, 1.807) is 0 Å². The van der Waals surface area contributed by atoms with Gasteiger partial charge in [0.25, 0.3) is 0 Å². The van der Waals surface area contributed by atoms with Gasteiger partial charge in [0.15, 0.2) is 0 Å². The predicted molar refractivity (Wildman–Crippen MR) is 195 cm³/mol. The van der Waals surface area contributed by atoms with E-state index in [1.807, 2.05) is 18.2 Å². The van der Waals surface area contributed by atoms with Crippen LogP contribution < -0.4 is 14.5 Å². The van der Waals surface area contributed by atoms with Crippen molar-refractivity contribution in [3.05, 3.63) is 96.8 Å². The monoisotopic (exact) mass is 606 g/mol. The molecule has 4 heteroatoms. The summed E-state index contributed by atoms with van der Waals surface area (Å²) in [5.41, 5.74) is 9.74. The fourth-order valence-electron chi connectivity index (χ4n) is 5.77. The topological polar surface area (TPSA) is 24.9 Å². The Morgan fingerprint density at radius 2 is 1.33 bits per heavy atom. The molecular formula is C41H54N2O2. The van der Waals surface area contributed by atoms with Gasteiger partial charge in [0.2, 0.25) is 0 Å². The van der Waals surface area contributed by atoms with Gasteiger partial charge in [0.05, 0.1) is 36.0 Å². The fourth-order valence-corrected chi connectivity index (χ4v) is 5.77. The standard InChI is InChI=1S/C41H54N2O2/c1-7-12-20-40(44-28-15-10-4)32(6)33-22-24-36-38(30-33)42(26-13-8-2)37-25-23-34(31-39(37)43(36)27-14-9-3)35-19-17-18-21-41(35)45-29-16-11-5/h7,12,17-25,30-31H,1,8-11,13-16,26-29H2,2-6H3/b20-12-,40-32-. The molecular weight excluding hydrogens is 552 g/mol. The predicted octanol–water partition coefficient (Wildman–Crippen LogP) is 12.0. The smallest absolute Gasteiger partial charge is 0.127 e. The third kappa shape index (κ3) is 8.42. The van der Waals surface area contributed by atoms with Crippen molar-refractivity contribution in [2.45, 2.75) is 86.0 Å². The molecule has 0 saturated carbocycles. The average Bonchev–Trinajstić information content (AvgIpc) is 3.07. The Kier molecular flexibility index (Phi) is 13.2. The number of fused-ring (bicyclic) bond motifs is 2. The molecule has 4 nitrogen and oxygen atoms in total. The molecule has 0 bridgehead atoms. The SMILES string of the molecule is C=C/C=C\C(OCCCC)=C(/C)c1ccc2c(c1)N(CCCC)c1ccc(-c3ccccc3OCCCC)cc1N2CCCC. The highest BCUT2D eigenvalue weighted by Gasteiger charge is 2.29. The minimum atomic E-state index is 0.714. The number of anilines is 4. The number of hydrogen-bond donors (Lipinski definition) is 0. The zero-order valence-corrected chi connectivity index (χ0v) is 28.4. The first-order valence-electron chi connectivity index (χ1n) is 17.3. The van der Waals surface area contributed by atoms with Gasteiger partial charge in [-0.2, -0.15) is 0 Å². The molecule has 0 aliphatic carbocycles. The Labute approximate surface area is 273 Å². The lowest BCUT2D eigenvalue weighted by atomic mass is 9.97. The average molecular weight is 607 g/mol. The normalized spacial score (nSPS) is 13.0. The zero-order chi connectivity index (χ0) is 32.0. The summed E-state index contributed by atoms with van der Waals surface area (Å²) in [6.07, 6.45) is 14.7. The summed E-state index contributed by atoms with van der Waals surface area (Å²) in [4.78, 5) is 5.08. The van der Waals surface area contributed by atoms with Crippen LogP contribution in [0.5, 0.6) is 5.75 Å². The molecule has 1 aliphatic rings. The molecule has 0 atom stereocenters. The Hall–Kier alpha value is -3.92. The number of para-hydroxylation sites is 1. The minimum absolute atomic E-state index is 0.714. The highest BCUT2D eigenvalue weighted by Crippen LogP contribution is 2.50. The third-order valence-corrected chi connectivity index (χ3v) is 8.48. The lowest BCUT2D eigenvalue weighted by Gasteiger charge is -2.41. The second kappa shape index (κ2) is 17.5. The van der Waals surface area contributed by atoms with Crippen molar-refractivity contribution in [1.29, 1.82) is 0 Å². The van der Waals surface area contributed by atoms with Crippen LogP contribution in [0.1, 0.15) is 91.5 Å². The summed E-state index contributed by atoms with van der Waals surface area (Å²) in [5, 5.41) is 0. The van der Waals surface area contributed by atoms with Gasteiger partial charge in [-0.3, -0.25) is 0 Å². The van der Waals surface area contributed by atoms with Crippen LogP contribution in [0.25, 0.3) is 16.7 Å². The molecule has 3 aromatic rings. The van der Waals surface area contributed by atoms with Crippen LogP contribution in [0.15, 0.2) is 91.2 Å². The second-order valence-electron chi connectivity index (χ2n) is 11.9. The van der Waals surface area contributed by atoms with E-state index in [1.165, 1.54) is 33.9 Å². The maximum Gasteiger partial charge on any atom is 0.127 e. The Balaban J connectivity index is 1.83. The largest absolute Gasteiger partial charge is 0.493 e. The number of hydrogen-bond acceptors (Lipinski definition) is 4. The van der Waals surface area contributed by atoms with Crippen molar-refractivity contribution in [3.63, 3.8) is 0 Å². The number of nitrogens with zero attached hydrogens (tertiary/aromatic N) is 2. The van der Waals surface area contributed by atoms with E-state index >= 15 is 0 Å². The molecule has 1 aliphatic heterocycles. The van der Waals surface area contributed by atoms with Gasteiger partial charge in [-0.1, -0.05) is 102 Å². The fraction of sp³-hybridized carbons (Fsp3) is 0.415. The summed E-state index contributed by atoms with van der Waals surface area (Å²) >= 11 is 0. The molecule has 4 rings (SSSR count). The van der Waals surface area contributed by atoms with Crippen LogP contribution in [-0.4, -0.2) is 26.3 Å². The van der Waals surface area contributed by atoms with E-state index in [9.17, 15) is 0 Å². The summed E-state index contributed by atoms with van der Waals surface area (Å²) in [5.74, 6) is 1.87. The molecule has 0 N–H and O–H groups in total. The van der Waals surface area contributed by atoms with E-state index in [0.29, 0.717) is 6.61 Å². The third-order valence-electron chi connectivity index (χ3n) is 8.48. The Morgan fingerprint density at radius 1 is 0.711 bits per heavy atom. The number of ether oxygens (including phenoxy) is 2. The first kappa shape index (κ1) is 34.0. The molecule has 1 heterocycles. The van der Waals surface area contributed by atoms with Gasteiger partial charge >= 0.3 is 0 Å². The highest BCUT2D eigenvalue weighted by atomic mass is 16.5. The molecule has 45 heavy (non-hydrogen) atoms. The molecule has 3 aromatic carbocycles. The van der Waals surface area contributed by atoms with E-state index in [0.717, 1.165) is 93.7 Å². The van der Waals surface area contributed by atoms with E-state index in [2.05, 4.69) is 112 Å². The van der Waals surface area contributed by atoms with Gasteiger partial charge in [-0.15, -0.1) is 0 Å². The van der Waals surface area contributed by atoms with Gasteiger partial charge < -0.3 is 19.3 Å². The Morgan fingerprint density at radius 3 is 2.00 bits per heavy atom. The molecule has 0 saturated heterocycles. The zero-order valence-electron chi connectivity index (χ0n) is 28.4. The molecule has 0 fully saturated rings. The van der Waals surface area contributed by atoms with Crippen LogP contribution >= 0.6 is 0 Å². The summed E-state index contributed by atoms with van der Waals surface area (Å²) in [6.45, 7) is 18.4. The summed E-state index contributed by atoms with van der Waals surface area (Å²) < 4.78 is 12.5. The van der Waals surface area contributed by atoms with Crippen molar-refractivity contribution in [2.24, 2.45) is 0 Å². The number of unbranched alkanes of at least 4 members (excludes halogenated alkanes) is 4. The first-order valence-corrected chi connectivity index (χ1v) is 17.3. The van der Waals surface area contributed by atoms with Crippen LogP contribution in [-0.2, 0) is 4.74 Å². The number of allylic oxidation sites excluding steroid dienone is 4. The molecule has 240 valence electrons. The van der Waals surface area contributed by atoms with Crippen molar-refractivity contribution >= 4 is 28.3 Å². The molecule has 0 unspecified atom stereocenters. The quantitative estimate of drug-likeness (QED) is 0.0817. The van der Waals surface area contributed by atoms with Gasteiger partial charge in [0.1, 0.15) is 11.5 Å². The van der Waals surface area contributed by atoms with Crippen molar-refractivity contribution in [1.82, 2.24) is 0 Å². The first-order chi connectivity index (χ1) is 22.1. The van der Waals surface area contributed by atoms with Crippen molar-refractivity contribution in [2.75, 3.05) is 36.1 Å². The van der Waals surface area contributed by atoms with E-state index in [-0.39, 0.29) is 0 Å².